The fourth-order valence-electron chi connectivity index (χ4n) is 1.91. The Kier molecular flexibility index (Phi) is 8.26. The van der Waals surface area contributed by atoms with Crippen LogP contribution in [0.4, 0.5) is 0 Å². The molecule has 108 valence electrons. The van der Waals surface area contributed by atoms with E-state index in [0.717, 1.165) is 44.6 Å². The van der Waals surface area contributed by atoms with Crippen molar-refractivity contribution in [1.82, 2.24) is 5.32 Å². The van der Waals surface area contributed by atoms with Crippen LogP contribution in [0.2, 0.25) is 0 Å². The number of unbranched alkanes of at least 4 members (excludes halogenated alkanes) is 2. The van der Waals surface area contributed by atoms with Crippen LogP contribution in [-0.2, 0) is 0 Å². The Hall–Kier alpha value is -1.06. The Morgan fingerprint density at radius 2 is 1.89 bits per heavy atom. The predicted octanol–water partition coefficient (Wildman–Crippen LogP) is 3.29. The smallest absolute Gasteiger partial charge is 0.119 e. The number of aliphatic hydroxyl groups is 1. The topological polar surface area (TPSA) is 41.5 Å². The van der Waals surface area contributed by atoms with E-state index in [4.69, 9.17) is 9.84 Å². The van der Waals surface area contributed by atoms with Gasteiger partial charge in [-0.1, -0.05) is 19.1 Å². The second kappa shape index (κ2) is 9.82. The van der Waals surface area contributed by atoms with Crippen molar-refractivity contribution < 1.29 is 9.84 Å². The highest BCUT2D eigenvalue weighted by molar-refractivity contribution is 5.28. The van der Waals surface area contributed by atoms with E-state index in [-0.39, 0.29) is 6.61 Å². The summed E-state index contributed by atoms with van der Waals surface area (Å²) in [6.07, 6.45) is 4.03. The van der Waals surface area contributed by atoms with Gasteiger partial charge < -0.3 is 15.2 Å². The molecule has 0 aromatic heterocycles. The highest BCUT2D eigenvalue weighted by atomic mass is 16.5. The van der Waals surface area contributed by atoms with Gasteiger partial charge in [-0.05, 0) is 56.8 Å². The Labute approximate surface area is 117 Å². The van der Waals surface area contributed by atoms with Crippen molar-refractivity contribution in [3.63, 3.8) is 0 Å². The van der Waals surface area contributed by atoms with Gasteiger partial charge in [0.2, 0.25) is 0 Å². The number of aliphatic hydroxyl groups excluding tert-OH is 1. The van der Waals surface area contributed by atoms with Crippen LogP contribution >= 0.6 is 0 Å². The summed E-state index contributed by atoms with van der Waals surface area (Å²) < 4.78 is 5.67. The number of ether oxygens (including phenoxy) is 1. The van der Waals surface area contributed by atoms with E-state index in [2.05, 4.69) is 31.3 Å². The molecule has 0 fully saturated rings. The zero-order chi connectivity index (χ0) is 13.9. The Morgan fingerprint density at radius 3 is 2.53 bits per heavy atom. The summed E-state index contributed by atoms with van der Waals surface area (Å²) in [5.41, 5.74) is 1.29. The van der Waals surface area contributed by atoms with E-state index in [1.54, 1.807) is 0 Å². The molecule has 1 atom stereocenters. The molecule has 0 aliphatic heterocycles. The van der Waals surface area contributed by atoms with E-state index in [1.807, 2.05) is 12.1 Å². The molecule has 3 nitrogen and oxygen atoms in total. The van der Waals surface area contributed by atoms with E-state index in [9.17, 15) is 0 Å². The van der Waals surface area contributed by atoms with Crippen molar-refractivity contribution in [3.8, 4) is 5.75 Å². The molecule has 0 amide bonds. The number of nitrogens with one attached hydrogen (secondary N) is 1. The predicted molar refractivity (Wildman–Crippen MR) is 79.6 cm³/mol. The van der Waals surface area contributed by atoms with Crippen molar-refractivity contribution in [3.05, 3.63) is 29.8 Å². The van der Waals surface area contributed by atoms with E-state index in [0.29, 0.717) is 6.04 Å². The quantitative estimate of drug-likeness (QED) is 0.638. The van der Waals surface area contributed by atoms with Crippen LogP contribution in [0.1, 0.15) is 51.1 Å². The standard InChI is InChI=1S/C16H27NO2/c1-3-11-17-14(2)15-7-9-16(10-8-15)19-13-6-4-5-12-18/h7-10,14,17-18H,3-6,11-13H2,1-2H3. The lowest BCUT2D eigenvalue weighted by molar-refractivity contribution is 0.266. The van der Waals surface area contributed by atoms with Gasteiger partial charge in [0.1, 0.15) is 5.75 Å². The summed E-state index contributed by atoms with van der Waals surface area (Å²) in [6, 6.07) is 8.70. The van der Waals surface area contributed by atoms with Crippen molar-refractivity contribution in [2.45, 2.75) is 45.6 Å². The molecular formula is C16H27NO2. The van der Waals surface area contributed by atoms with E-state index >= 15 is 0 Å². The normalized spacial score (nSPS) is 12.4. The lowest BCUT2D eigenvalue weighted by Gasteiger charge is -2.14. The molecule has 1 aromatic rings. The Balaban J connectivity index is 2.30. The van der Waals surface area contributed by atoms with Crippen molar-refractivity contribution in [1.29, 1.82) is 0 Å². The second-order valence-electron chi connectivity index (χ2n) is 4.88. The second-order valence-corrected chi connectivity index (χ2v) is 4.88. The average Bonchev–Trinajstić information content (AvgIpc) is 2.45. The first-order valence-corrected chi connectivity index (χ1v) is 7.35. The third-order valence-corrected chi connectivity index (χ3v) is 3.15. The van der Waals surface area contributed by atoms with E-state index in [1.165, 1.54) is 5.56 Å². The molecule has 1 aromatic carbocycles. The van der Waals surface area contributed by atoms with Crippen LogP contribution in [0.3, 0.4) is 0 Å². The third-order valence-electron chi connectivity index (χ3n) is 3.15. The fraction of sp³-hybridized carbons (Fsp3) is 0.625. The summed E-state index contributed by atoms with van der Waals surface area (Å²) in [6.45, 7) is 6.40. The molecule has 0 aliphatic rings. The summed E-state index contributed by atoms with van der Waals surface area (Å²) in [4.78, 5) is 0. The highest BCUT2D eigenvalue weighted by Gasteiger charge is 2.03. The lowest BCUT2D eigenvalue weighted by Crippen LogP contribution is -2.19. The van der Waals surface area contributed by atoms with Gasteiger partial charge >= 0.3 is 0 Å². The molecule has 0 spiro atoms. The molecule has 0 bridgehead atoms. The van der Waals surface area contributed by atoms with Crippen LogP contribution in [-0.4, -0.2) is 24.9 Å². The molecule has 1 rings (SSSR count). The summed E-state index contributed by atoms with van der Waals surface area (Å²) in [5, 5.41) is 12.1. The van der Waals surface area contributed by atoms with Crippen molar-refractivity contribution in [2.75, 3.05) is 19.8 Å². The molecule has 0 heterocycles. The number of benzene rings is 1. The minimum absolute atomic E-state index is 0.275. The van der Waals surface area contributed by atoms with Crippen LogP contribution in [0.5, 0.6) is 5.75 Å². The summed E-state index contributed by atoms with van der Waals surface area (Å²) >= 11 is 0. The largest absolute Gasteiger partial charge is 0.494 e. The molecule has 0 aliphatic carbocycles. The first kappa shape index (κ1) is 16.0. The van der Waals surface area contributed by atoms with Gasteiger partial charge in [0.05, 0.1) is 6.61 Å². The van der Waals surface area contributed by atoms with Gasteiger partial charge in [-0.25, -0.2) is 0 Å². The number of hydrogen-bond donors (Lipinski definition) is 2. The van der Waals surface area contributed by atoms with Crippen LogP contribution < -0.4 is 10.1 Å². The summed E-state index contributed by atoms with van der Waals surface area (Å²) in [5.74, 6) is 0.926. The summed E-state index contributed by atoms with van der Waals surface area (Å²) in [7, 11) is 0. The minimum Gasteiger partial charge on any atom is -0.494 e. The monoisotopic (exact) mass is 265 g/mol. The zero-order valence-corrected chi connectivity index (χ0v) is 12.2. The number of hydrogen-bond acceptors (Lipinski definition) is 3. The molecule has 1 unspecified atom stereocenters. The average molecular weight is 265 g/mol. The molecule has 0 saturated carbocycles. The van der Waals surface area contributed by atoms with Crippen LogP contribution in [0.15, 0.2) is 24.3 Å². The zero-order valence-electron chi connectivity index (χ0n) is 12.2. The Bertz CT molecular complexity index is 324. The third kappa shape index (κ3) is 6.60. The molecule has 3 heteroatoms. The molecule has 2 N–H and O–H groups in total. The van der Waals surface area contributed by atoms with Gasteiger partial charge in [0, 0.05) is 12.6 Å². The maximum absolute atomic E-state index is 8.68. The van der Waals surface area contributed by atoms with Gasteiger partial charge in [-0.2, -0.15) is 0 Å². The highest BCUT2D eigenvalue weighted by Crippen LogP contribution is 2.17. The molecule has 0 radical (unpaired) electrons. The first-order chi connectivity index (χ1) is 9.27. The van der Waals surface area contributed by atoms with Crippen molar-refractivity contribution >= 4 is 0 Å². The van der Waals surface area contributed by atoms with E-state index < -0.39 is 0 Å². The minimum atomic E-state index is 0.275. The molecular weight excluding hydrogens is 238 g/mol. The number of rotatable bonds is 10. The van der Waals surface area contributed by atoms with Crippen LogP contribution in [0, 0.1) is 0 Å². The lowest BCUT2D eigenvalue weighted by atomic mass is 10.1. The van der Waals surface area contributed by atoms with Gasteiger partial charge in [0.15, 0.2) is 0 Å². The van der Waals surface area contributed by atoms with Gasteiger partial charge in [0.25, 0.3) is 0 Å². The molecule has 19 heavy (non-hydrogen) atoms. The Morgan fingerprint density at radius 1 is 1.16 bits per heavy atom. The fourth-order valence-corrected chi connectivity index (χ4v) is 1.91. The maximum Gasteiger partial charge on any atom is 0.119 e. The van der Waals surface area contributed by atoms with Crippen LogP contribution in [0.25, 0.3) is 0 Å². The molecule has 0 saturated heterocycles. The SMILES string of the molecule is CCCNC(C)c1ccc(OCCCCCO)cc1. The van der Waals surface area contributed by atoms with Crippen molar-refractivity contribution in [2.24, 2.45) is 0 Å². The van der Waals surface area contributed by atoms with Gasteiger partial charge in [-0.15, -0.1) is 0 Å². The first-order valence-electron chi connectivity index (χ1n) is 7.35. The van der Waals surface area contributed by atoms with Gasteiger partial charge in [-0.3, -0.25) is 0 Å². The maximum atomic E-state index is 8.68.